The highest BCUT2D eigenvalue weighted by atomic mass is 31.2. The molecule has 74 heavy (non-hydrogen) atoms. The van der Waals surface area contributed by atoms with Gasteiger partial charge >= 0.3 is 15.6 Å². The minimum atomic E-state index is -4.95. The molecule has 5 aliphatic heterocycles. The molecule has 1 unspecified atom stereocenters. The summed E-state index contributed by atoms with van der Waals surface area (Å²) in [6.07, 6.45) is 0. The third-order valence-corrected chi connectivity index (χ3v) is 17.1. The first kappa shape index (κ1) is 54.2. The van der Waals surface area contributed by atoms with Crippen molar-refractivity contribution in [2.24, 2.45) is 0 Å². The lowest BCUT2D eigenvalue weighted by atomic mass is 9.69. The summed E-state index contributed by atoms with van der Waals surface area (Å²) in [4.78, 5) is 13.7. The summed E-state index contributed by atoms with van der Waals surface area (Å²) in [5, 5.41) is 0. The second-order valence-electron chi connectivity index (χ2n) is 28.9. The van der Waals surface area contributed by atoms with Crippen molar-refractivity contribution in [3.05, 3.63) is 99.1 Å². The fraction of sp³-hybridized carbons (Fsp3) is 0.516. The quantitative estimate of drug-likeness (QED) is 0.128. The molecule has 10 rings (SSSR count). The zero-order valence-electron chi connectivity index (χ0n) is 48.4. The first-order valence-corrected chi connectivity index (χ1v) is 29.1. The normalized spacial score (nSPS) is 19.2. The number of rotatable bonds is 3. The van der Waals surface area contributed by atoms with Gasteiger partial charge in [0.05, 0.1) is 12.2 Å². The average Bonchev–Trinajstić information content (AvgIpc) is 3.63. The van der Waals surface area contributed by atoms with Gasteiger partial charge in [-0.05, 0) is 88.0 Å². The van der Waals surface area contributed by atoms with Crippen molar-refractivity contribution < 1.29 is 46.3 Å². The van der Waals surface area contributed by atoms with Gasteiger partial charge in [-0.15, -0.1) is 0 Å². The van der Waals surface area contributed by atoms with Crippen LogP contribution in [0.2, 0.25) is 0 Å². The molecule has 12 heteroatoms. The van der Waals surface area contributed by atoms with Gasteiger partial charge in [0.25, 0.3) is 0 Å². The maximum atomic E-state index is 15.8. The number of benzene rings is 5. The molecule has 0 fully saturated rings. The summed E-state index contributed by atoms with van der Waals surface area (Å²) >= 11 is 0. The molecule has 0 radical (unpaired) electrons. The molecule has 398 valence electrons. The minimum Gasteiger partial charge on any atom is -0.399 e. The lowest BCUT2D eigenvalue weighted by Crippen LogP contribution is -2.28. The number of phosphoric acid groups is 2. The second-order valence-corrected chi connectivity index (χ2v) is 31.8. The molecule has 5 aliphatic rings. The fourth-order valence-corrected chi connectivity index (χ4v) is 13.1. The summed E-state index contributed by atoms with van der Waals surface area (Å²) < 4.78 is 69.2. The van der Waals surface area contributed by atoms with Gasteiger partial charge in [-0.1, -0.05) is 223 Å². The highest BCUT2D eigenvalue weighted by molar-refractivity contribution is 7.49. The molecule has 1 atom stereocenters. The van der Waals surface area contributed by atoms with Gasteiger partial charge in [0.15, 0.2) is 23.0 Å². The van der Waals surface area contributed by atoms with E-state index in [0.717, 1.165) is 50.1 Å². The molecule has 5 aromatic carbocycles. The first-order chi connectivity index (χ1) is 33.6. The first-order valence-electron chi connectivity index (χ1n) is 26.2. The van der Waals surface area contributed by atoms with Crippen molar-refractivity contribution in [2.75, 3.05) is 6.61 Å². The van der Waals surface area contributed by atoms with E-state index in [1.54, 1.807) is 0 Å². The van der Waals surface area contributed by atoms with Gasteiger partial charge in [0.2, 0.25) is 0 Å². The summed E-state index contributed by atoms with van der Waals surface area (Å²) in [7, 11) is -9.26. The van der Waals surface area contributed by atoms with E-state index < -0.39 is 42.7 Å². The third kappa shape index (κ3) is 9.14. The Morgan fingerprint density at radius 1 is 0.392 bits per heavy atom. The molecule has 0 N–H and O–H groups in total. The van der Waals surface area contributed by atoms with Gasteiger partial charge in [0.1, 0.15) is 5.75 Å². The van der Waals surface area contributed by atoms with Gasteiger partial charge in [-0.2, -0.15) is 0 Å². The van der Waals surface area contributed by atoms with Crippen LogP contribution in [-0.4, -0.2) is 6.61 Å². The topological polar surface area (TPSA) is 108 Å². The molecule has 0 saturated heterocycles. The molecular formula is C62H80O10P2. The molecule has 10 nitrogen and oxygen atoms in total. The maximum Gasteiger partial charge on any atom is 0.604 e. The Bertz CT molecular complexity index is 3160. The molecule has 5 heterocycles. The standard InChI is InChI=1S/C62H80O10P2/c1-55(2,3)34-24-27-37(40(30-34)58(10,11)12)43-44(38-28-25-35(56(4,5)6)31-41(38)59(13,14)15)50-47-46-48-53(49(61(19,20)21)54-52(46)68-73(63,70-54)65-33-62(48,22)23)69-74(64,71-66-50)72-67-51(47)45(43)39-29-26-36(57(7,8)9)32-42(39)60(16,17)18/h24-32H,33H2,1-23H3. The molecule has 0 aromatic heterocycles. The van der Waals surface area contributed by atoms with Crippen molar-refractivity contribution in [1.82, 2.24) is 0 Å². The molecule has 0 aliphatic carbocycles. The van der Waals surface area contributed by atoms with Crippen LogP contribution >= 0.6 is 15.6 Å². The minimum absolute atomic E-state index is 0.121. The predicted octanol–water partition coefficient (Wildman–Crippen LogP) is 18.8. The van der Waals surface area contributed by atoms with E-state index in [0.29, 0.717) is 33.4 Å². The van der Waals surface area contributed by atoms with Crippen LogP contribution in [-0.2, 0) is 66.3 Å². The van der Waals surface area contributed by atoms with Gasteiger partial charge in [-0.25, -0.2) is 9.13 Å². The van der Waals surface area contributed by atoms with Crippen molar-refractivity contribution in [2.45, 2.75) is 203 Å². The summed E-state index contributed by atoms with van der Waals surface area (Å²) in [5.74, 6) is 0.838. The van der Waals surface area contributed by atoms with Gasteiger partial charge < -0.3 is 23.3 Å². The third-order valence-electron chi connectivity index (χ3n) is 15.0. The summed E-state index contributed by atoms with van der Waals surface area (Å²) in [5.41, 5.74) is 9.51. The number of fused-ring (bicyclic) bond motifs is 3. The molecule has 9 bridgehead atoms. The van der Waals surface area contributed by atoms with Crippen LogP contribution in [0.4, 0.5) is 0 Å². The van der Waals surface area contributed by atoms with Gasteiger partial charge in [-0.3, -0.25) is 4.52 Å². The van der Waals surface area contributed by atoms with Crippen LogP contribution in [0, 0.1) is 0 Å². The van der Waals surface area contributed by atoms with Crippen LogP contribution in [0.5, 0.6) is 28.7 Å². The van der Waals surface area contributed by atoms with Crippen molar-refractivity contribution in [3.8, 4) is 73.3 Å². The number of hydrogen-bond donors (Lipinski definition) is 0. The zero-order valence-corrected chi connectivity index (χ0v) is 50.2. The van der Waals surface area contributed by atoms with Crippen LogP contribution in [0.15, 0.2) is 54.6 Å². The Hall–Kier alpha value is -4.56. The Morgan fingerprint density at radius 3 is 1.12 bits per heavy atom. The SMILES string of the molecule is CC(C)(C)c1ccc(-c2c3c4c(c(-c5ccc(C(C)(C)C)cc5C(C)(C)C)c2-c2ccc(C(C)(C)C)cc2C(C)(C)C)OOP(=O)(OO3)Oc2c(C(C)(C)C)c3c5c-4c2C(C)(C)COP(=O)(O5)O3)c(C(C)(C)C)c1. The lowest BCUT2D eigenvalue weighted by Gasteiger charge is -2.35. The molecule has 0 spiro atoms. The summed E-state index contributed by atoms with van der Waals surface area (Å²) in [6, 6.07) is 20.2. The van der Waals surface area contributed by atoms with E-state index in [1.165, 1.54) is 5.56 Å². The van der Waals surface area contributed by atoms with Crippen molar-refractivity contribution in [3.63, 3.8) is 0 Å². The Morgan fingerprint density at radius 2 is 0.757 bits per heavy atom. The Kier molecular flexibility index (Phi) is 12.3. The highest BCUT2D eigenvalue weighted by Crippen LogP contribution is 2.74. The second kappa shape index (κ2) is 16.7. The zero-order chi connectivity index (χ0) is 54.9. The summed E-state index contributed by atoms with van der Waals surface area (Å²) in [6.45, 7) is 49.9. The lowest BCUT2D eigenvalue weighted by molar-refractivity contribution is -0.189. The predicted molar refractivity (Wildman–Crippen MR) is 299 cm³/mol. The van der Waals surface area contributed by atoms with Crippen LogP contribution in [0.3, 0.4) is 0 Å². The monoisotopic (exact) mass is 1050 g/mol. The maximum absolute atomic E-state index is 15.8. The van der Waals surface area contributed by atoms with E-state index in [4.69, 9.17) is 37.2 Å². The smallest absolute Gasteiger partial charge is 0.399 e. The van der Waals surface area contributed by atoms with E-state index in [2.05, 4.69) is 179 Å². The highest BCUT2D eigenvalue weighted by Gasteiger charge is 2.56. The van der Waals surface area contributed by atoms with E-state index in [9.17, 15) is 4.57 Å². The largest absolute Gasteiger partial charge is 0.604 e. The van der Waals surface area contributed by atoms with Crippen molar-refractivity contribution in [1.29, 1.82) is 0 Å². The molecule has 0 amide bonds. The van der Waals surface area contributed by atoms with E-state index >= 15 is 4.57 Å². The van der Waals surface area contributed by atoms with E-state index in [1.807, 2.05) is 34.6 Å². The molecule has 5 aromatic rings. The number of phosphoric ester groups is 1. The van der Waals surface area contributed by atoms with E-state index in [-0.39, 0.29) is 51.6 Å². The van der Waals surface area contributed by atoms with Crippen LogP contribution < -0.4 is 23.3 Å². The fourth-order valence-electron chi connectivity index (χ4n) is 10.9. The van der Waals surface area contributed by atoms with Crippen molar-refractivity contribution >= 4 is 15.6 Å². The Balaban J connectivity index is 1.68. The average molecular weight is 1050 g/mol. The molecular weight excluding hydrogens is 967 g/mol. The van der Waals surface area contributed by atoms with Crippen LogP contribution in [0.25, 0.3) is 44.5 Å². The Labute approximate surface area is 441 Å². The van der Waals surface area contributed by atoms with Crippen LogP contribution in [0.1, 0.15) is 204 Å². The number of hydrogen-bond acceptors (Lipinski definition) is 10. The van der Waals surface area contributed by atoms with Gasteiger partial charge in [0, 0.05) is 38.8 Å². The molecule has 0 saturated carbocycles.